The third-order valence-corrected chi connectivity index (χ3v) is 6.07. The summed E-state index contributed by atoms with van der Waals surface area (Å²) in [6.07, 6.45) is 1.73. The fourth-order valence-corrected chi connectivity index (χ4v) is 3.95. The molecular weight excluding hydrogens is 348 g/mol. The van der Waals surface area contributed by atoms with Crippen LogP contribution < -0.4 is 10.0 Å². The summed E-state index contributed by atoms with van der Waals surface area (Å²) in [5.41, 5.74) is 2.79. The lowest BCUT2D eigenvalue weighted by Gasteiger charge is -2.19. The molecule has 2 aromatic rings. The Balaban J connectivity index is 2.37. The molecule has 2 rings (SSSR count). The lowest BCUT2D eigenvalue weighted by molar-refractivity contribution is 0.0934. The van der Waals surface area contributed by atoms with E-state index in [9.17, 15) is 13.2 Å². The largest absolute Gasteiger partial charge is 0.345 e. The highest BCUT2D eigenvalue weighted by atomic mass is 32.2. The summed E-state index contributed by atoms with van der Waals surface area (Å²) in [5, 5.41) is 3.04. The number of amides is 1. The molecule has 0 heterocycles. The minimum Gasteiger partial charge on any atom is -0.345 e. The summed E-state index contributed by atoms with van der Waals surface area (Å²) in [6, 6.07) is 12.8. The van der Waals surface area contributed by atoms with Gasteiger partial charge in [-0.3, -0.25) is 4.79 Å². The van der Waals surface area contributed by atoms with Gasteiger partial charge in [-0.2, -0.15) is 0 Å². The van der Waals surface area contributed by atoms with E-state index in [1.807, 2.05) is 37.3 Å². The van der Waals surface area contributed by atoms with Gasteiger partial charge >= 0.3 is 0 Å². The second-order valence-corrected chi connectivity index (χ2v) is 8.20. The molecule has 0 bridgehead atoms. The number of nitrogens with one attached hydrogen (secondary N) is 2. The van der Waals surface area contributed by atoms with Crippen molar-refractivity contribution in [3.63, 3.8) is 0 Å². The maximum absolute atomic E-state index is 12.8. The molecule has 0 aliphatic rings. The molecule has 6 heteroatoms. The molecular formula is C20H26N2O3S. The molecule has 1 unspecified atom stereocenters. The standard InChI is InChI=1S/C20H26N2O3S/c1-5-9-18(16-10-7-6-8-11-16)22-20(23)17-12-14(2)15(3)19(13-17)26(24,25)21-4/h6-8,10-13,18,21H,5,9H2,1-4H3,(H,22,23). The third kappa shape index (κ3) is 4.51. The number of rotatable bonds is 7. The predicted molar refractivity (Wildman–Crippen MR) is 104 cm³/mol. The summed E-state index contributed by atoms with van der Waals surface area (Å²) in [6.45, 7) is 5.61. The van der Waals surface area contributed by atoms with E-state index in [1.165, 1.54) is 13.1 Å². The number of carbonyl (C=O) groups is 1. The van der Waals surface area contributed by atoms with Gasteiger partial charge < -0.3 is 5.32 Å². The van der Waals surface area contributed by atoms with Crippen LogP contribution in [0.1, 0.15) is 52.9 Å². The van der Waals surface area contributed by atoms with E-state index in [0.717, 1.165) is 24.0 Å². The van der Waals surface area contributed by atoms with Crippen LogP contribution in [-0.4, -0.2) is 21.4 Å². The van der Waals surface area contributed by atoms with E-state index in [2.05, 4.69) is 17.0 Å². The molecule has 0 saturated heterocycles. The summed E-state index contributed by atoms with van der Waals surface area (Å²) in [5.74, 6) is -0.275. The molecule has 0 aliphatic carbocycles. The van der Waals surface area contributed by atoms with Crippen LogP contribution in [0.2, 0.25) is 0 Å². The van der Waals surface area contributed by atoms with Crippen molar-refractivity contribution >= 4 is 15.9 Å². The first-order valence-electron chi connectivity index (χ1n) is 8.70. The quantitative estimate of drug-likeness (QED) is 0.779. The summed E-state index contributed by atoms with van der Waals surface area (Å²) in [4.78, 5) is 12.9. The minimum atomic E-state index is -3.63. The van der Waals surface area contributed by atoms with Gasteiger partial charge in [0.25, 0.3) is 5.91 Å². The number of aryl methyl sites for hydroxylation is 1. The lowest BCUT2D eigenvalue weighted by atomic mass is 10.0. The van der Waals surface area contributed by atoms with Gasteiger partial charge in [0.2, 0.25) is 10.0 Å². The number of benzene rings is 2. The van der Waals surface area contributed by atoms with Gasteiger partial charge in [-0.1, -0.05) is 43.7 Å². The minimum absolute atomic E-state index is 0.111. The highest BCUT2D eigenvalue weighted by molar-refractivity contribution is 7.89. The SMILES string of the molecule is CCCC(NC(=O)c1cc(C)c(C)c(S(=O)(=O)NC)c1)c1ccccc1. The highest BCUT2D eigenvalue weighted by Crippen LogP contribution is 2.23. The second kappa shape index (κ2) is 8.47. The molecule has 26 heavy (non-hydrogen) atoms. The summed E-state index contributed by atoms with van der Waals surface area (Å²) >= 11 is 0. The van der Waals surface area contributed by atoms with Crippen molar-refractivity contribution in [3.05, 3.63) is 64.7 Å². The van der Waals surface area contributed by atoms with Gasteiger partial charge in [0, 0.05) is 5.56 Å². The summed E-state index contributed by atoms with van der Waals surface area (Å²) in [7, 11) is -2.26. The van der Waals surface area contributed by atoms with Gasteiger partial charge in [-0.05, 0) is 56.1 Å². The fourth-order valence-electron chi connectivity index (χ4n) is 2.88. The first-order chi connectivity index (χ1) is 12.3. The average Bonchev–Trinajstić information content (AvgIpc) is 2.63. The second-order valence-electron chi connectivity index (χ2n) is 6.35. The number of hydrogen-bond donors (Lipinski definition) is 2. The Kier molecular flexibility index (Phi) is 6.56. The van der Waals surface area contributed by atoms with E-state index >= 15 is 0 Å². The maximum atomic E-state index is 12.8. The van der Waals surface area contributed by atoms with E-state index in [1.54, 1.807) is 13.0 Å². The van der Waals surface area contributed by atoms with Gasteiger partial charge in [0.15, 0.2) is 0 Å². The van der Waals surface area contributed by atoms with E-state index < -0.39 is 10.0 Å². The van der Waals surface area contributed by atoms with Crippen molar-refractivity contribution in [1.29, 1.82) is 0 Å². The Bertz CT molecular complexity index is 877. The molecule has 1 amide bonds. The average molecular weight is 375 g/mol. The zero-order chi connectivity index (χ0) is 19.3. The molecule has 0 saturated carbocycles. The highest BCUT2D eigenvalue weighted by Gasteiger charge is 2.21. The topological polar surface area (TPSA) is 75.3 Å². The van der Waals surface area contributed by atoms with E-state index in [0.29, 0.717) is 11.1 Å². The van der Waals surface area contributed by atoms with Crippen LogP contribution >= 0.6 is 0 Å². The molecule has 0 aliphatic heterocycles. The number of carbonyl (C=O) groups excluding carboxylic acids is 1. The molecule has 1 atom stereocenters. The maximum Gasteiger partial charge on any atom is 0.251 e. The van der Waals surface area contributed by atoms with Crippen LogP contribution in [0.3, 0.4) is 0 Å². The molecule has 140 valence electrons. The molecule has 0 spiro atoms. The fraction of sp³-hybridized carbons (Fsp3) is 0.350. The van der Waals surface area contributed by atoms with Crippen LogP contribution in [0.4, 0.5) is 0 Å². The van der Waals surface area contributed by atoms with Crippen molar-refractivity contribution in [3.8, 4) is 0 Å². The number of hydrogen-bond acceptors (Lipinski definition) is 3. The molecule has 0 fully saturated rings. The Labute approximate surface area is 155 Å². The molecule has 5 nitrogen and oxygen atoms in total. The lowest BCUT2D eigenvalue weighted by Crippen LogP contribution is -2.29. The van der Waals surface area contributed by atoms with Crippen molar-refractivity contribution < 1.29 is 13.2 Å². The zero-order valence-corrected chi connectivity index (χ0v) is 16.5. The first-order valence-corrected chi connectivity index (χ1v) is 10.2. The third-order valence-electron chi connectivity index (χ3n) is 4.52. The van der Waals surface area contributed by atoms with Crippen molar-refractivity contribution in [1.82, 2.24) is 10.0 Å². The van der Waals surface area contributed by atoms with E-state index in [-0.39, 0.29) is 16.8 Å². The van der Waals surface area contributed by atoms with Gasteiger partial charge in [-0.25, -0.2) is 13.1 Å². The Morgan fingerprint density at radius 1 is 1.12 bits per heavy atom. The van der Waals surface area contributed by atoms with Crippen LogP contribution in [-0.2, 0) is 10.0 Å². The van der Waals surface area contributed by atoms with Crippen LogP contribution in [0.5, 0.6) is 0 Å². The summed E-state index contributed by atoms with van der Waals surface area (Å²) < 4.78 is 26.8. The van der Waals surface area contributed by atoms with Gasteiger partial charge in [0.05, 0.1) is 10.9 Å². The van der Waals surface area contributed by atoms with Gasteiger partial charge in [-0.15, -0.1) is 0 Å². The molecule has 2 N–H and O–H groups in total. The Morgan fingerprint density at radius 2 is 1.77 bits per heavy atom. The Morgan fingerprint density at radius 3 is 2.35 bits per heavy atom. The first kappa shape index (κ1) is 20.1. The van der Waals surface area contributed by atoms with Gasteiger partial charge in [0.1, 0.15) is 0 Å². The Hall–Kier alpha value is -2.18. The van der Waals surface area contributed by atoms with Crippen LogP contribution in [0.15, 0.2) is 47.4 Å². The molecule has 0 aromatic heterocycles. The number of sulfonamides is 1. The molecule has 0 radical (unpaired) electrons. The van der Waals surface area contributed by atoms with Crippen molar-refractivity contribution in [2.24, 2.45) is 0 Å². The van der Waals surface area contributed by atoms with Crippen molar-refractivity contribution in [2.45, 2.75) is 44.6 Å². The van der Waals surface area contributed by atoms with Crippen LogP contribution in [0, 0.1) is 13.8 Å². The predicted octanol–water partition coefficient (Wildman–Crippen LogP) is 3.48. The van der Waals surface area contributed by atoms with Crippen LogP contribution in [0.25, 0.3) is 0 Å². The smallest absolute Gasteiger partial charge is 0.251 e. The normalized spacial score (nSPS) is 12.6. The molecule has 2 aromatic carbocycles. The van der Waals surface area contributed by atoms with E-state index in [4.69, 9.17) is 0 Å². The zero-order valence-electron chi connectivity index (χ0n) is 15.7. The monoisotopic (exact) mass is 374 g/mol. The van der Waals surface area contributed by atoms with Crippen molar-refractivity contribution in [2.75, 3.05) is 7.05 Å².